The van der Waals surface area contributed by atoms with Gasteiger partial charge in [-0.25, -0.2) is 9.37 Å². The smallest absolute Gasteiger partial charge is 0.279 e. The number of fused-ring (bicyclic) bond motifs is 1. The third kappa shape index (κ3) is 4.71. The van der Waals surface area contributed by atoms with Crippen LogP contribution in [0.4, 0.5) is 10.1 Å². The number of halogens is 3. The van der Waals surface area contributed by atoms with Gasteiger partial charge < -0.3 is 14.6 Å². The zero-order chi connectivity index (χ0) is 28.7. The number of imidazole rings is 1. The zero-order valence-electron chi connectivity index (χ0n) is 22.3. The number of ether oxygens (including phenoxy) is 1. The average Bonchev–Trinajstić information content (AvgIpc) is 3.46. The van der Waals surface area contributed by atoms with E-state index in [2.05, 4.69) is 5.32 Å². The first kappa shape index (κ1) is 27.7. The van der Waals surface area contributed by atoms with Gasteiger partial charge in [0.2, 0.25) is 5.91 Å². The Balaban J connectivity index is 1.77. The second-order valence-corrected chi connectivity index (χ2v) is 10.6. The number of carbonyl (C=O) groups excluding carboxylic acids is 2. The highest BCUT2D eigenvalue weighted by Gasteiger charge is 2.45. The number of aromatic nitrogens is 2. The molecule has 0 bridgehead atoms. The molecule has 0 aliphatic carbocycles. The monoisotopic (exact) mass is 580 g/mol. The van der Waals surface area contributed by atoms with Crippen molar-refractivity contribution >= 4 is 40.7 Å². The van der Waals surface area contributed by atoms with E-state index < -0.39 is 17.8 Å². The summed E-state index contributed by atoms with van der Waals surface area (Å²) in [6, 6.07) is 16.2. The molecular weight excluding hydrogens is 554 g/mol. The topological polar surface area (TPSA) is 76.5 Å². The van der Waals surface area contributed by atoms with Gasteiger partial charge in [0.15, 0.2) is 11.5 Å². The second-order valence-electron chi connectivity index (χ2n) is 9.72. The summed E-state index contributed by atoms with van der Waals surface area (Å²) in [5.41, 5.74) is 2.98. The lowest BCUT2D eigenvalue weighted by Gasteiger charge is -2.29. The number of rotatable bonds is 7. The predicted octanol–water partition coefficient (Wildman–Crippen LogP) is 6.62. The van der Waals surface area contributed by atoms with Crippen molar-refractivity contribution in [3.05, 3.63) is 99.0 Å². The summed E-state index contributed by atoms with van der Waals surface area (Å²) in [5, 5.41) is 3.08. The molecule has 0 saturated heterocycles. The van der Waals surface area contributed by atoms with Gasteiger partial charge in [0.05, 0.1) is 35.5 Å². The van der Waals surface area contributed by atoms with Crippen molar-refractivity contribution < 1.29 is 18.7 Å². The molecule has 4 aromatic rings. The highest BCUT2D eigenvalue weighted by Crippen LogP contribution is 2.46. The molecule has 0 spiro atoms. The minimum Gasteiger partial charge on any atom is -0.496 e. The number of benzene rings is 3. The van der Waals surface area contributed by atoms with Gasteiger partial charge in [-0.3, -0.25) is 14.5 Å². The van der Waals surface area contributed by atoms with Crippen molar-refractivity contribution in [3.63, 3.8) is 0 Å². The summed E-state index contributed by atoms with van der Waals surface area (Å²) in [6.07, 6.45) is 0.170. The van der Waals surface area contributed by atoms with Crippen LogP contribution in [0.5, 0.6) is 5.75 Å². The minimum atomic E-state index is -0.712. The molecule has 2 heterocycles. The van der Waals surface area contributed by atoms with Gasteiger partial charge >= 0.3 is 0 Å². The molecule has 1 aliphatic rings. The van der Waals surface area contributed by atoms with E-state index in [9.17, 15) is 9.59 Å². The van der Waals surface area contributed by atoms with Crippen molar-refractivity contribution in [1.82, 2.24) is 14.9 Å². The van der Waals surface area contributed by atoms with Gasteiger partial charge in [-0.15, -0.1) is 0 Å². The Bertz CT molecular complexity index is 1620. The number of methoxy groups -OCH3 is 1. The van der Waals surface area contributed by atoms with Crippen LogP contribution in [-0.2, 0) is 11.2 Å². The van der Waals surface area contributed by atoms with E-state index in [0.29, 0.717) is 27.9 Å². The van der Waals surface area contributed by atoms with Crippen LogP contribution in [0.1, 0.15) is 53.2 Å². The molecule has 1 aliphatic heterocycles. The maximum atomic E-state index is 15.4. The fourth-order valence-corrected chi connectivity index (χ4v) is 5.42. The molecule has 0 radical (unpaired) electrons. The third-order valence-corrected chi connectivity index (χ3v) is 7.47. The lowest BCUT2D eigenvalue weighted by atomic mass is 10.0. The molecule has 206 valence electrons. The van der Waals surface area contributed by atoms with Gasteiger partial charge in [0.1, 0.15) is 17.6 Å². The van der Waals surface area contributed by atoms with E-state index in [0.717, 1.165) is 11.1 Å². The summed E-state index contributed by atoms with van der Waals surface area (Å²) in [5.74, 6) is -0.240. The molecule has 7 nitrogen and oxygen atoms in total. The Kier molecular flexibility index (Phi) is 7.57. The largest absolute Gasteiger partial charge is 0.496 e. The first-order valence-electron chi connectivity index (χ1n) is 12.7. The molecule has 3 aromatic carbocycles. The Labute approximate surface area is 241 Å². The highest BCUT2D eigenvalue weighted by atomic mass is 35.5. The number of hydrogen-bond acceptors (Lipinski definition) is 4. The van der Waals surface area contributed by atoms with Crippen molar-refractivity contribution in [1.29, 1.82) is 0 Å². The van der Waals surface area contributed by atoms with Crippen LogP contribution >= 0.6 is 23.2 Å². The van der Waals surface area contributed by atoms with Crippen LogP contribution in [0.2, 0.25) is 10.0 Å². The summed E-state index contributed by atoms with van der Waals surface area (Å²) >= 11 is 12.3. The summed E-state index contributed by atoms with van der Waals surface area (Å²) in [6.45, 7) is 3.97. The fourth-order valence-electron chi connectivity index (χ4n) is 5.12. The Morgan fingerprint density at radius 1 is 1.12 bits per heavy atom. The van der Waals surface area contributed by atoms with Crippen LogP contribution in [0.15, 0.2) is 60.7 Å². The maximum absolute atomic E-state index is 15.4. The standard InChI is InChI=1S/C30H27Cl2FN4O3/c1-16(2)36-28-26(35-29(36)20-14-17(15-24(38)34-3)8-13-23(20)40-4)30(39)37(22-7-5-6-21(32)25(22)33)27(28)18-9-11-19(31)12-10-18/h5-14,16,27H,15H2,1-4H3,(H,34,38). The SMILES string of the molecule is CNC(=O)Cc1ccc(OC)c(-c2nc3c(n2C(C)C)C(c2ccc(Cl)cc2)N(c2cccc(Cl)c2F)C3=O)c1. The van der Waals surface area contributed by atoms with Crippen LogP contribution in [0.3, 0.4) is 0 Å². The zero-order valence-corrected chi connectivity index (χ0v) is 23.8. The Morgan fingerprint density at radius 2 is 1.85 bits per heavy atom. The van der Waals surface area contributed by atoms with E-state index in [1.807, 2.05) is 42.7 Å². The van der Waals surface area contributed by atoms with Crippen molar-refractivity contribution in [3.8, 4) is 17.1 Å². The van der Waals surface area contributed by atoms with Gasteiger partial charge in [-0.05, 0) is 61.4 Å². The molecule has 10 heteroatoms. The van der Waals surface area contributed by atoms with Crippen LogP contribution in [-0.4, -0.2) is 35.5 Å². The minimum absolute atomic E-state index is 0.0532. The maximum Gasteiger partial charge on any atom is 0.279 e. The van der Waals surface area contributed by atoms with Crippen LogP contribution in [0, 0.1) is 5.82 Å². The number of carbonyl (C=O) groups is 2. The summed E-state index contributed by atoms with van der Waals surface area (Å²) < 4.78 is 23.0. The van der Waals surface area contributed by atoms with Gasteiger partial charge in [0.25, 0.3) is 5.91 Å². The molecule has 1 unspecified atom stereocenters. The summed E-state index contributed by atoms with van der Waals surface area (Å²) in [7, 11) is 3.14. The second kappa shape index (κ2) is 10.9. The van der Waals surface area contributed by atoms with Crippen LogP contribution in [0.25, 0.3) is 11.4 Å². The quantitative estimate of drug-likeness (QED) is 0.266. The normalized spacial score (nSPS) is 14.6. The number of amides is 2. The van der Waals surface area contributed by atoms with Crippen molar-refractivity contribution in [2.45, 2.75) is 32.4 Å². The predicted molar refractivity (Wildman–Crippen MR) is 154 cm³/mol. The van der Waals surface area contributed by atoms with Gasteiger partial charge in [0, 0.05) is 18.1 Å². The van der Waals surface area contributed by atoms with Crippen molar-refractivity contribution in [2.24, 2.45) is 0 Å². The number of hydrogen-bond donors (Lipinski definition) is 1. The molecule has 1 atom stereocenters. The van der Waals surface area contributed by atoms with E-state index >= 15 is 4.39 Å². The molecule has 1 aromatic heterocycles. The first-order valence-corrected chi connectivity index (χ1v) is 13.4. The van der Waals surface area contributed by atoms with E-state index in [-0.39, 0.29) is 34.8 Å². The third-order valence-electron chi connectivity index (χ3n) is 6.93. The lowest BCUT2D eigenvalue weighted by Crippen LogP contribution is -2.31. The van der Waals surface area contributed by atoms with Gasteiger partial charge in [-0.1, -0.05) is 47.5 Å². The molecule has 5 rings (SSSR count). The number of nitrogens with one attached hydrogen (secondary N) is 1. The van der Waals surface area contributed by atoms with E-state index in [1.54, 1.807) is 38.4 Å². The van der Waals surface area contributed by atoms with Crippen molar-refractivity contribution in [2.75, 3.05) is 19.1 Å². The molecule has 1 N–H and O–H groups in total. The highest BCUT2D eigenvalue weighted by molar-refractivity contribution is 6.31. The first-order chi connectivity index (χ1) is 19.2. The molecule has 0 fully saturated rings. The van der Waals surface area contributed by atoms with Crippen LogP contribution < -0.4 is 15.0 Å². The number of nitrogens with zero attached hydrogens (tertiary/aromatic N) is 3. The number of anilines is 1. The number of likely N-dealkylation sites (N-methyl/N-ethyl adjacent to an activating group) is 1. The fraction of sp³-hybridized carbons (Fsp3) is 0.233. The van der Waals surface area contributed by atoms with Gasteiger partial charge in [-0.2, -0.15) is 0 Å². The lowest BCUT2D eigenvalue weighted by molar-refractivity contribution is -0.119. The molecule has 40 heavy (non-hydrogen) atoms. The Morgan fingerprint density at radius 3 is 2.50 bits per heavy atom. The molecule has 2 amide bonds. The summed E-state index contributed by atoms with van der Waals surface area (Å²) in [4.78, 5) is 32.4. The molecular formula is C30H27Cl2FN4O3. The average molecular weight is 581 g/mol. The Hall–Kier alpha value is -3.88. The molecule has 0 saturated carbocycles. The van der Waals surface area contributed by atoms with E-state index in [1.165, 1.54) is 17.0 Å². The van der Waals surface area contributed by atoms with E-state index in [4.69, 9.17) is 32.9 Å².